The van der Waals surface area contributed by atoms with Gasteiger partial charge in [0.2, 0.25) is 0 Å². The van der Waals surface area contributed by atoms with Gasteiger partial charge in [-0.05, 0) is 76.4 Å². The smallest absolute Gasteiger partial charge is 0.287 e. The lowest BCUT2D eigenvalue weighted by molar-refractivity contribution is -0.214. The average molecular weight is 544 g/mol. The molecule has 0 atom stereocenters. The molecule has 0 fully saturated rings. The quantitative estimate of drug-likeness (QED) is 0.119. The number of carbonyl (C=O) groups is 1. The summed E-state index contributed by atoms with van der Waals surface area (Å²) in [4.78, 5) is 22.6. The Bertz CT molecular complexity index is 1030. The minimum Gasteiger partial charge on any atom is -0.287 e. The van der Waals surface area contributed by atoms with E-state index in [2.05, 4.69) is 77.2 Å². The molecule has 0 amide bonds. The highest BCUT2D eigenvalue weighted by molar-refractivity contribution is 14.1. The molecule has 0 saturated heterocycles. The van der Waals surface area contributed by atoms with Crippen LogP contribution in [0.15, 0.2) is 83.8 Å². The van der Waals surface area contributed by atoms with Crippen LogP contribution in [0.25, 0.3) is 14.7 Å². The first-order chi connectivity index (χ1) is 15.1. The molecule has 160 valence electrons. The number of halogens is 1. The van der Waals surface area contributed by atoms with Crippen LogP contribution in [0.3, 0.4) is 0 Å². The third-order valence-corrected chi connectivity index (χ3v) is 6.59. The van der Waals surface area contributed by atoms with Crippen LogP contribution >= 0.6 is 34.4 Å². The first-order valence-corrected chi connectivity index (χ1v) is 12.3. The molecule has 3 nitrogen and oxygen atoms in total. The SMILES string of the molecule is CCCC(=O)OOc1ccc(SCC=C(I)c2ccc(-c3ccccc3)cc2)cc1C. The molecule has 0 bridgehead atoms. The fraction of sp³-hybridized carbons (Fsp3) is 0.192. The largest absolute Gasteiger partial charge is 0.355 e. The Kier molecular flexibility index (Phi) is 9.03. The minimum atomic E-state index is -0.350. The molecule has 0 aliphatic carbocycles. The number of benzene rings is 3. The molecule has 0 radical (unpaired) electrons. The van der Waals surface area contributed by atoms with Crippen LogP contribution in [0.5, 0.6) is 5.75 Å². The van der Waals surface area contributed by atoms with Crippen LogP contribution in [0.4, 0.5) is 0 Å². The lowest BCUT2D eigenvalue weighted by Gasteiger charge is -2.08. The van der Waals surface area contributed by atoms with E-state index >= 15 is 0 Å². The number of aryl methyl sites for hydroxylation is 1. The third-order valence-electron chi connectivity index (χ3n) is 4.61. The minimum absolute atomic E-state index is 0.350. The molecule has 0 aromatic heterocycles. The number of hydrogen-bond acceptors (Lipinski definition) is 4. The summed E-state index contributed by atoms with van der Waals surface area (Å²) in [7, 11) is 0. The second-order valence-corrected chi connectivity index (χ2v) is 9.28. The van der Waals surface area contributed by atoms with Gasteiger partial charge in [-0.2, -0.15) is 0 Å². The Balaban J connectivity index is 1.55. The van der Waals surface area contributed by atoms with Crippen molar-refractivity contribution in [3.63, 3.8) is 0 Å². The normalized spacial score (nSPS) is 11.3. The summed E-state index contributed by atoms with van der Waals surface area (Å²) < 4.78 is 1.23. The molecule has 3 aromatic rings. The van der Waals surface area contributed by atoms with Gasteiger partial charge in [0.25, 0.3) is 0 Å². The second-order valence-electron chi connectivity index (χ2n) is 7.02. The van der Waals surface area contributed by atoms with E-state index < -0.39 is 0 Å². The van der Waals surface area contributed by atoms with Gasteiger partial charge in [-0.1, -0.05) is 67.6 Å². The zero-order valence-electron chi connectivity index (χ0n) is 17.6. The van der Waals surface area contributed by atoms with E-state index in [-0.39, 0.29) is 5.97 Å². The maximum Gasteiger partial charge on any atom is 0.355 e. The fourth-order valence-electron chi connectivity index (χ4n) is 2.92. The van der Waals surface area contributed by atoms with Crippen molar-refractivity contribution in [2.75, 3.05) is 5.75 Å². The van der Waals surface area contributed by atoms with Crippen LogP contribution in [0.1, 0.15) is 30.9 Å². The highest BCUT2D eigenvalue weighted by Gasteiger charge is 2.07. The van der Waals surface area contributed by atoms with Gasteiger partial charge < -0.3 is 0 Å². The number of rotatable bonds is 9. The van der Waals surface area contributed by atoms with Gasteiger partial charge in [-0.3, -0.25) is 9.78 Å². The molecule has 0 unspecified atom stereocenters. The third kappa shape index (κ3) is 7.14. The predicted molar refractivity (Wildman–Crippen MR) is 137 cm³/mol. The standard InChI is InChI=1S/C26H25IO3S/c1-3-7-26(28)30-29-25-15-14-23(18-19(25)2)31-17-16-24(27)22-12-10-21(11-13-22)20-8-5-4-6-9-20/h4-6,8-16,18H,3,7,17H2,1-2H3. The van der Waals surface area contributed by atoms with E-state index in [9.17, 15) is 4.79 Å². The zero-order valence-corrected chi connectivity index (χ0v) is 20.6. The van der Waals surface area contributed by atoms with Gasteiger partial charge in [-0.15, -0.1) is 11.8 Å². The molecule has 0 spiro atoms. The molecule has 3 rings (SSSR count). The molecule has 0 heterocycles. The van der Waals surface area contributed by atoms with Crippen molar-refractivity contribution >= 4 is 43.9 Å². The predicted octanol–water partition coefficient (Wildman–Crippen LogP) is 7.87. The summed E-state index contributed by atoms with van der Waals surface area (Å²) in [5, 5.41) is 0. The lowest BCUT2D eigenvalue weighted by Crippen LogP contribution is -2.07. The summed E-state index contributed by atoms with van der Waals surface area (Å²) in [5.74, 6) is 1.08. The topological polar surface area (TPSA) is 35.5 Å². The van der Waals surface area contributed by atoms with E-state index in [4.69, 9.17) is 9.78 Å². The molecule has 0 aliphatic rings. The first kappa shape index (κ1) is 23.4. The van der Waals surface area contributed by atoms with Crippen molar-refractivity contribution < 1.29 is 14.6 Å². The summed E-state index contributed by atoms with van der Waals surface area (Å²) >= 11 is 4.15. The van der Waals surface area contributed by atoms with Crippen molar-refractivity contribution in [2.24, 2.45) is 0 Å². The highest BCUT2D eigenvalue weighted by atomic mass is 127. The van der Waals surface area contributed by atoms with Gasteiger partial charge in [-0.25, -0.2) is 4.79 Å². The Morgan fingerprint density at radius 1 is 1.00 bits per heavy atom. The molecule has 31 heavy (non-hydrogen) atoms. The Morgan fingerprint density at radius 2 is 1.71 bits per heavy atom. The van der Waals surface area contributed by atoms with Crippen molar-refractivity contribution in [2.45, 2.75) is 31.6 Å². The van der Waals surface area contributed by atoms with Crippen molar-refractivity contribution in [1.29, 1.82) is 0 Å². The van der Waals surface area contributed by atoms with E-state index in [1.807, 2.05) is 38.1 Å². The Morgan fingerprint density at radius 3 is 2.39 bits per heavy atom. The van der Waals surface area contributed by atoms with Gasteiger partial charge in [0.1, 0.15) is 0 Å². The van der Waals surface area contributed by atoms with Gasteiger partial charge in [0, 0.05) is 20.6 Å². The summed E-state index contributed by atoms with van der Waals surface area (Å²) in [6.45, 7) is 3.87. The van der Waals surface area contributed by atoms with Crippen molar-refractivity contribution in [3.05, 3.63) is 90.0 Å². The molecule has 3 aromatic carbocycles. The van der Waals surface area contributed by atoms with Crippen LogP contribution in [0.2, 0.25) is 0 Å². The van der Waals surface area contributed by atoms with E-state index in [0.717, 1.165) is 22.6 Å². The Labute approximate surface area is 201 Å². The van der Waals surface area contributed by atoms with E-state index in [0.29, 0.717) is 12.2 Å². The summed E-state index contributed by atoms with van der Waals surface area (Å²) in [5.41, 5.74) is 4.60. The molecule has 5 heteroatoms. The number of hydrogen-bond donors (Lipinski definition) is 0. The number of thioether (sulfide) groups is 1. The maximum atomic E-state index is 11.4. The number of carbonyl (C=O) groups excluding carboxylic acids is 1. The highest BCUT2D eigenvalue weighted by Crippen LogP contribution is 2.29. The zero-order chi connectivity index (χ0) is 22.1. The van der Waals surface area contributed by atoms with Crippen LogP contribution < -0.4 is 4.89 Å². The van der Waals surface area contributed by atoms with Gasteiger partial charge in [0.05, 0.1) is 0 Å². The van der Waals surface area contributed by atoms with Crippen LogP contribution in [0, 0.1) is 6.92 Å². The fourth-order valence-corrected chi connectivity index (χ4v) is 4.67. The molecule has 0 aliphatic heterocycles. The van der Waals surface area contributed by atoms with Gasteiger partial charge >= 0.3 is 5.97 Å². The monoisotopic (exact) mass is 544 g/mol. The molecular formula is C26H25IO3S. The van der Waals surface area contributed by atoms with Gasteiger partial charge in [0.15, 0.2) is 5.75 Å². The van der Waals surface area contributed by atoms with Crippen LogP contribution in [-0.4, -0.2) is 11.7 Å². The molecule has 0 N–H and O–H groups in total. The second kappa shape index (κ2) is 12.0. The van der Waals surface area contributed by atoms with Crippen molar-refractivity contribution in [3.8, 4) is 16.9 Å². The lowest BCUT2D eigenvalue weighted by atomic mass is 10.0. The summed E-state index contributed by atoms with van der Waals surface area (Å²) in [6, 6.07) is 24.9. The van der Waals surface area contributed by atoms with E-state index in [1.54, 1.807) is 11.8 Å². The molecule has 0 saturated carbocycles. The first-order valence-electron chi connectivity index (χ1n) is 10.2. The average Bonchev–Trinajstić information content (AvgIpc) is 2.79. The van der Waals surface area contributed by atoms with Crippen molar-refractivity contribution in [1.82, 2.24) is 0 Å². The summed E-state index contributed by atoms with van der Waals surface area (Å²) in [6.07, 6.45) is 3.32. The molecular weight excluding hydrogens is 519 g/mol. The Hall–Kier alpha value is -2.25. The van der Waals surface area contributed by atoms with Crippen LogP contribution in [-0.2, 0) is 9.68 Å². The maximum absolute atomic E-state index is 11.4. The van der Waals surface area contributed by atoms with E-state index in [1.165, 1.54) is 20.3 Å².